The molecule has 4 aromatic rings. The number of unbranched alkanes of at least 4 members (excludes halogenated alkanes) is 15. The number of benzene rings is 4. The largest absolute Gasteiger partial charge is 0.463 e. The van der Waals surface area contributed by atoms with Gasteiger partial charge in [-0.2, -0.15) is 0 Å². The highest BCUT2D eigenvalue weighted by Crippen LogP contribution is 2.46. The van der Waals surface area contributed by atoms with Gasteiger partial charge in [0.15, 0.2) is 0 Å². The summed E-state index contributed by atoms with van der Waals surface area (Å²) in [5.74, 6) is 1.54. The van der Waals surface area contributed by atoms with E-state index in [1.54, 1.807) is 0 Å². The molecule has 0 saturated carbocycles. The maximum atomic E-state index is 6.54. The molecule has 0 N–H and O–H groups in total. The quantitative estimate of drug-likeness (QED) is 0.0564. The Morgan fingerprint density at radius 1 is 0.391 bits per heavy atom. The Kier molecular flexibility index (Phi) is 17.4. The molecule has 0 bridgehead atoms. The van der Waals surface area contributed by atoms with Crippen LogP contribution in [0.4, 0.5) is 0 Å². The van der Waals surface area contributed by atoms with Crippen molar-refractivity contribution < 1.29 is 13.6 Å². The van der Waals surface area contributed by atoms with E-state index in [0.29, 0.717) is 6.61 Å². The number of hydrogen-bond acceptors (Lipinski definition) is 3. The smallest absolute Gasteiger partial charge is 0.417 e. The topological polar surface area (TPSA) is 27.7 Å². The Balaban J connectivity index is 1.22. The average molecular weight is 639 g/mol. The molecule has 0 aromatic heterocycles. The van der Waals surface area contributed by atoms with E-state index in [1.807, 2.05) is 48.5 Å². The van der Waals surface area contributed by atoms with Crippen molar-refractivity contribution >= 4 is 8.60 Å². The summed E-state index contributed by atoms with van der Waals surface area (Å²) in [6, 6.07) is 37.0. The molecule has 0 saturated heterocycles. The van der Waals surface area contributed by atoms with E-state index in [9.17, 15) is 0 Å². The highest BCUT2D eigenvalue weighted by Gasteiger charge is 2.21. The standard InChI is InChI=1S/C42H55O3P/c1-2-3-4-5-6-7-8-9-10-11-12-13-14-15-16-27-36-43-46(44-41-34-25-23-32-39(41)37-28-19-17-20-29-37)45-42-35-26-24-33-40(42)38-30-21-18-22-31-38/h17-26,28-35H,2-16,27,36H2,1H3. The molecule has 0 aliphatic rings. The maximum absolute atomic E-state index is 6.54. The molecule has 0 spiro atoms. The van der Waals surface area contributed by atoms with E-state index in [2.05, 4.69) is 67.6 Å². The van der Waals surface area contributed by atoms with Crippen molar-refractivity contribution in [1.82, 2.24) is 0 Å². The molecule has 0 heterocycles. The lowest BCUT2D eigenvalue weighted by Crippen LogP contribution is -2.03. The normalized spacial score (nSPS) is 11.2. The SMILES string of the molecule is CCCCCCCCCCCCCCCCCCOP(Oc1ccccc1-c1ccccc1)Oc1ccccc1-c1ccccc1. The molecule has 4 aromatic carbocycles. The second kappa shape index (κ2) is 22.4. The van der Waals surface area contributed by atoms with Crippen LogP contribution in [0.1, 0.15) is 110 Å². The lowest BCUT2D eigenvalue weighted by Gasteiger charge is -2.21. The molecule has 0 aliphatic carbocycles. The summed E-state index contributed by atoms with van der Waals surface area (Å²) in [7, 11) is -1.67. The van der Waals surface area contributed by atoms with Gasteiger partial charge in [-0.3, -0.25) is 4.52 Å². The van der Waals surface area contributed by atoms with Gasteiger partial charge < -0.3 is 9.05 Å². The predicted molar refractivity (Wildman–Crippen MR) is 197 cm³/mol. The van der Waals surface area contributed by atoms with Crippen molar-refractivity contribution in [2.24, 2.45) is 0 Å². The van der Waals surface area contributed by atoms with Crippen molar-refractivity contribution in [2.75, 3.05) is 6.61 Å². The summed E-state index contributed by atoms with van der Waals surface area (Å²) in [5, 5.41) is 0. The van der Waals surface area contributed by atoms with Gasteiger partial charge in [0.25, 0.3) is 0 Å². The Bertz CT molecular complexity index is 1240. The monoisotopic (exact) mass is 638 g/mol. The first kappa shape index (κ1) is 35.7. The van der Waals surface area contributed by atoms with Crippen molar-refractivity contribution in [3.63, 3.8) is 0 Å². The summed E-state index contributed by atoms with van der Waals surface area (Å²) in [6.45, 7) is 2.91. The molecular formula is C42H55O3P. The average Bonchev–Trinajstić information content (AvgIpc) is 3.11. The van der Waals surface area contributed by atoms with Crippen molar-refractivity contribution in [2.45, 2.75) is 110 Å². The summed E-state index contributed by atoms with van der Waals surface area (Å²) in [4.78, 5) is 0. The van der Waals surface area contributed by atoms with Crippen molar-refractivity contribution in [3.05, 3.63) is 109 Å². The van der Waals surface area contributed by atoms with Crippen LogP contribution >= 0.6 is 8.60 Å². The van der Waals surface area contributed by atoms with Crippen LogP contribution in [0.25, 0.3) is 22.3 Å². The zero-order valence-corrected chi connectivity index (χ0v) is 29.0. The zero-order valence-electron chi connectivity index (χ0n) is 28.1. The van der Waals surface area contributed by atoms with E-state index in [1.165, 1.54) is 96.3 Å². The van der Waals surface area contributed by atoms with Crippen LogP contribution in [0.5, 0.6) is 11.5 Å². The van der Waals surface area contributed by atoms with Gasteiger partial charge in [-0.1, -0.05) is 200 Å². The number of para-hydroxylation sites is 2. The van der Waals surface area contributed by atoms with Gasteiger partial charge >= 0.3 is 8.60 Å². The molecule has 0 aliphatic heterocycles. The molecule has 0 fully saturated rings. The second-order valence-corrected chi connectivity index (χ2v) is 13.3. The van der Waals surface area contributed by atoms with Gasteiger partial charge in [-0.25, -0.2) is 0 Å². The van der Waals surface area contributed by atoms with Crippen LogP contribution in [0.3, 0.4) is 0 Å². The molecule has 4 heteroatoms. The van der Waals surface area contributed by atoms with Crippen LogP contribution in [0.15, 0.2) is 109 Å². The van der Waals surface area contributed by atoms with E-state index in [-0.39, 0.29) is 0 Å². The molecule has 0 unspecified atom stereocenters. The Labute approximate surface area is 280 Å². The first-order valence-electron chi connectivity index (χ1n) is 17.9. The minimum absolute atomic E-state index is 0.616. The molecule has 0 atom stereocenters. The summed E-state index contributed by atoms with van der Waals surface area (Å²) in [6.07, 6.45) is 21.6. The molecule has 46 heavy (non-hydrogen) atoms. The van der Waals surface area contributed by atoms with E-state index in [0.717, 1.165) is 40.2 Å². The van der Waals surface area contributed by atoms with Crippen LogP contribution < -0.4 is 9.05 Å². The first-order chi connectivity index (χ1) is 22.8. The molecular weight excluding hydrogens is 583 g/mol. The van der Waals surface area contributed by atoms with Crippen molar-refractivity contribution in [1.29, 1.82) is 0 Å². The Morgan fingerprint density at radius 3 is 1.15 bits per heavy atom. The van der Waals surface area contributed by atoms with Crippen molar-refractivity contribution in [3.8, 4) is 33.8 Å². The maximum Gasteiger partial charge on any atom is 0.463 e. The molecule has 4 rings (SSSR count). The fraction of sp³-hybridized carbons (Fsp3) is 0.429. The van der Waals surface area contributed by atoms with E-state index < -0.39 is 8.60 Å². The lowest BCUT2D eigenvalue weighted by atomic mass is 10.0. The Hall–Kier alpha value is -3.13. The van der Waals surface area contributed by atoms with E-state index >= 15 is 0 Å². The van der Waals surface area contributed by atoms with Gasteiger partial charge in [0.2, 0.25) is 0 Å². The predicted octanol–water partition coefficient (Wildman–Crippen LogP) is 14.0. The van der Waals surface area contributed by atoms with Gasteiger partial charge in [-0.05, 0) is 29.7 Å². The highest BCUT2D eigenvalue weighted by molar-refractivity contribution is 7.42. The fourth-order valence-electron chi connectivity index (χ4n) is 5.83. The summed E-state index contributed by atoms with van der Waals surface area (Å²) >= 11 is 0. The molecule has 0 radical (unpaired) electrons. The summed E-state index contributed by atoms with van der Waals surface area (Å²) in [5.41, 5.74) is 4.27. The third-order valence-electron chi connectivity index (χ3n) is 8.48. The van der Waals surface area contributed by atoms with Crippen LogP contribution in [-0.2, 0) is 4.52 Å². The minimum atomic E-state index is -1.67. The fourth-order valence-corrected chi connectivity index (χ4v) is 6.89. The van der Waals surface area contributed by atoms with Gasteiger partial charge in [0.05, 0.1) is 6.61 Å². The molecule has 246 valence electrons. The van der Waals surface area contributed by atoms with Gasteiger partial charge in [-0.15, -0.1) is 0 Å². The molecule has 3 nitrogen and oxygen atoms in total. The second-order valence-electron chi connectivity index (χ2n) is 12.3. The molecule has 0 amide bonds. The highest BCUT2D eigenvalue weighted by atomic mass is 31.2. The van der Waals surface area contributed by atoms with Crippen LogP contribution in [0, 0.1) is 0 Å². The third kappa shape index (κ3) is 13.3. The third-order valence-corrected chi connectivity index (χ3v) is 9.57. The number of rotatable bonds is 24. The zero-order chi connectivity index (χ0) is 31.9. The summed E-state index contributed by atoms with van der Waals surface area (Å²) < 4.78 is 19.5. The van der Waals surface area contributed by atoms with Crippen LogP contribution in [0.2, 0.25) is 0 Å². The first-order valence-corrected chi connectivity index (χ1v) is 19.0. The Morgan fingerprint density at radius 2 is 0.739 bits per heavy atom. The van der Waals surface area contributed by atoms with Gasteiger partial charge in [0, 0.05) is 11.1 Å². The minimum Gasteiger partial charge on any atom is -0.417 e. The van der Waals surface area contributed by atoms with E-state index in [4.69, 9.17) is 13.6 Å². The van der Waals surface area contributed by atoms with Crippen LogP contribution in [-0.4, -0.2) is 6.61 Å². The number of hydrogen-bond donors (Lipinski definition) is 0. The van der Waals surface area contributed by atoms with Gasteiger partial charge in [0.1, 0.15) is 11.5 Å². The lowest BCUT2D eigenvalue weighted by molar-refractivity contribution is 0.258.